The van der Waals surface area contributed by atoms with Crippen LogP contribution in [-0.2, 0) is 0 Å². The van der Waals surface area contributed by atoms with Gasteiger partial charge in [0.05, 0.1) is 29.4 Å². The highest BCUT2D eigenvalue weighted by Gasteiger charge is 2.42. The molecule has 0 bridgehead atoms. The van der Waals surface area contributed by atoms with Crippen LogP contribution in [0.5, 0.6) is 0 Å². The number of likely N-dealkylation sites (tertiary alicyclic amines) is 1. The second-order valence-electron chi connectivity index (χ2n) is 6.22. The maximum absolute atomic E-state index is 13.4. The van der Waals surface area contributed by atoms with Gasteiger partial charge in [-0.2, -0.15) is 5.10 Å². The van der Waals surface area contributed by atoms with Crippen molar-refractivity contribution in [2.45, 2.75) is 19.4 Å². The van der Waals surface area contributed by atoms with Gasteiger partial charge in [0.15, 0.2) is 0 Å². The van der Waals surface area contributed by atoms with Crippen LogP contribution < -0.4 is 11.1 Å². The summed E-state index contributed by atoms with van der Waals surface area (Å²) in [6.45, 7) is 1.52. The summed E-state index contributed by atoms with van der Waals surface area (Å²) in [6, 6.07) is 0.530. The average Bonchev–Trinajstić information content (AvgIpc) is 3.20. The molecule has 0 aromatic carbocycles. The molecule has 3 rings (SSSR count). The van der Waals surface area contributed by atoms with Crippen LogP contribution in [0.15, 0.2) is 24.7 Å². The monoisotopic (exact) mass is 364 g/mol. The van der Waals surface area contributed by atoms with E-state index in [0.29, 0.717) is 11.3 Å². The Labute approximate surface area is 147 Å². The number of anilines is 1. The molecule has 0 unspecified atom stereocenters. The SMILES string of the molecule is Cc1cn[nH]c1C(=O)N1C[C@@H](NC(=O)c2cncc(N)c2)[C@H](C(F)F)C1. The maximum atomic E-state index is 13.4. The largest absolute Gasteiger partial charge is 0.397 e. The fourth-order valence-corrected chi connectivity index (χ4v) is 2.96. The lowest BCUT2D eigenvalue weighted by molar-refractivity contribution is 0.0620. The molecule has 2 aromatic heterocycles. The first-order chi connectivity index (χ1) is 12.4. The highest BCUT2D eigenvalue weighted by Crippen LogP contribution is 2.25. The van der Waals surface area contributed by atoms with Crippen molar-refractivity contribution in [1.82, 2.24) is 25.4 Å². The third kappa shape index (κ3) is 3.48. The number of halogens is 2. The Balaban J connectivity index is 1.75. The molecule has 1 fully saturated rings. The van der Waals surface area contributed by atoms with Gasteiger partial charge in [-0.25, -0.2) is 8.78 Å². The molecule has 4 N–H and O–H groups in total. The predicted octanol–water partition coefficient (Wildman–Crippen LogP) is 0.831. The van der Waals surface area contributed by atoms with Crippen LogP contribution in [0.3, 0.4) is 0 Å². The summed E-state index contributed by atoms with van der Waals surface area (Å²) in [6.07, 6.45) is 1.48. The van der Waals surface area contributed by atoms with Gasteiger partial charge in [-0.1, -0.05) is 0 Å². The van der Waals surface area contributed by atoms with Crippen molar-refractivity contribution in [1.29, 1.82) is 0 Å². The highest BCUT2D eigenvalue weighted by molar-refractivity contribution is 5.95. The number of nitrogens with zero attached hydrogens (tertiary/aromatic N) is 3. The quantitative estimate of drug-likeness (QED) is 0.743. The number of nitrogens with one attached hydrogen (secondary N) is 2. The van der Waals surface area contributed by atoms with Crippen molar-refractivity contribution >= 4 is 17.5 Å². The number of rotatable bonds is 4. The van der Waals surface area contributed by atoms with E-state index in [0.717, 1.165) is 0 Å². The molecule has 0 radical (unpaired) electrons. The van der Waals surface area contributed by atoms with E-state index in [1.165, 1.54) is 29.6 Å². The molecule has 2 atom stereocenters. The van der Waals surface area contributed by atoms with Crippen molar-refractivity contribution in [3.05, 3.63) is 41.5 Å². The van der Waals surface area contributed by atoms with E-state index >= 15 is 0 Å². The normalized spacial score (nSPS) is 19.8. The number of H-pyrrole nitrogens is 1. The Morgan fingerprint density at radius 1 is 1.35 bits per heavy atom. The summed E-state index contributed by atoms with van der Waals surface area (Å²) in [7, 11) is 0. The van der Waals surface area contributed by atoms with Gasteiger partial charge in [0, 0.05) is 25.5 Å². The first-order valence-electron chi connectivity index (χ1n) is 7.95. The van der Waals surface area contributed by atoms with Crippen molar-refractivity contribution in [3.63, 3.8) is 0 Å². The summed E-state index contributed by atoms with van der Waals surface area (Å²) in [5.41, 5.74) is 6.93. The topological polar surface area (TPSA) is 117 Å². The Kier molecular flexibility index (Phi) is 4.83. The second-order valence-corrected chi connectivity index (χ2v) is 6.22. The molecule has 1 aliphatic heterocycles. The van der Waals surface area contributed by atoms with Crippen LogP contribution >= 0.6 is 0 Å². The summed E-state index contributed by atoms with van der Waals surface area (Å²) < 4.78 is 26.8. The smallest absolute Gasteiger partial charge is 0.272 e. The lowest BCUT2D eigenvalue weighted by Gasteiger charge is -2.18. The van der Waals surface area contributed by atoms with Gasteiger partial charge < -0.3 is 16.0 Å². The van der Waals surface area contributed by atoms with Crippen LogP contribution in [0.1, 0.15) is 26.4 Å². The van der Waals surface area contributed by atoms with Crippen LogP contribution in [0, 0.1) is 12.8 Å². The highest BCUT2D eigenvalue weighted by atomic mass is 19.3. The first kappa shape index (κ1) is 17.8. The molecule has 2 aromatic rings. The lowest BCUT2D eigenvalue weighted by Crippen LogP contribution is -2.43. The molecule has 1 saturated heterocycles. The minimum absolute atomic E-state index is 0.0201. The van der Waals surface area contributed by atoms with Crippen molar-refractivity contribution in [3.8, 4) is 0 Å². The third-order valence-electron chi connectivity index (χ3n) is 4.36. The number of pyridine rings is 1. The van der Waals surface area contributed by atoms with Crippen LogP contribution in [0.2, 0.25) is 0 Å². The van der Waals surface area contributed by atoms with E-state index in [1.54, 1.807) is 6.92 Å². The molecule has 0 aliphatic carbocycles. The zero-order chi connectivity index (χ0) is 18.8. The van der Waals surface area contributed by atoms with Gasteiger partial charge in [0.25, 0.3) is 11.8 Å². The Morgan fingerprint density at radius 2 is 2.12 bits per heavy atom. The first-order valence-corrected chi connectivity index (χ1v) is 7.95. The number of hydrogen-bond acceptors (Lipinski definition) is 5. The number of alkyl halides is 2. The molecule has 2 amide bonds. The van der Waals surface area contributed by atoms with E-state index in [1.807, 2.05) is 0 Å². The Morgan fingerprint density at radius 3 is 2.73 bits per heavy atom. The van der Waals surface area contributed by atoms with Crippen molar-refractivity contribution in [2.24, 2.45) is 5.92 Å². The Hall–Kier alpha value is -3.04. The van der Waals surface area contributed by atoms with E-state index in [4.69, 9.17) is 5.73 Å². The number of amides is 2. The van der Waals surface area contributed by atoms with E-state index in [2.05, 4.69) is 20.5 Å². The van der Waals surface area contributed by atoms with Crippen LogP contribution in [-0.4, -0.2) is 57.5 Å². The van der Waals surface area contributed by atoms with Crippen molar-refractivity contribution < 1.29 is 18.4 Å². The maximum Gasteiger partial charge on any atom is 0.272 e. The Bertz CT molecular complexity index is 825. The van der Waals surface area contributed by atoms with Crippen molar-refractivity contribution in [2.75, 3.05) is 18.8 Å². The molecule has 138 valence electrons. The van der Waals surface area contributed by atoms with Crippen LogP contribution in [0.4, 0.5) is 14.5 Å². The number of hydrogen-bond donors (Lipinski definition) is 3. The minimum atomic E-state index is -2.68. The van der Waals surface area contributed by atoms with Gasteiger partial charge in [-0.3, -0.25) is 19.7 Å². The number of aryl methyl sites for hydroxylation is 1. The van der Waals surface area contributed by atoms with Gasteiger partial charge >= 0.3 is 0 Å². The number of nitrogen functional groups attached to an aromatic ring is 1. The average molecular weight is 364 g/mol. The van der Waals surface area contributed by atoms with Gasteiger partial charge in [0.2, 0.25) is 6.43 Å². The number of nitrogens with two attached hydrogens (primary N) is 1. The number of carbonyl (C=O) groups is 2. The number of aromatic amines is 1. The molecular formula is C16H18F2N6O2. The summed E-state index contributed by atoms with van der Waals surface area (Å²) in [5, 5.41) is 8.91. The van der Waals surface area contributed by atoms with E-state index in [-0.39, 0.29) is 24.3 Å². The summed E-state index contributed by atoms with van der Waals surface area (Å²) >= 11 is 0. The standard InChI is InChI=1S/C16H18F2N6O2/c1-8-3-21-23-13(8)16(26)24-6-11(14(17)18)12(7-24)22-15(25)9-2-10(19)5-20-4-9/h2-5,11-12,14H,6-7,19H2,1H3,(H,21,23)(H,22,25)/t11-,12-/m1/s1. The third-order valence-corrected chi connectivity index (χ3v) is 4.36. The number of carbonyl (C=O) groups excluding carboxylic acids is 2. The van der Waals surface area contributed by atoms with E-state index < -0.39 is 30.2 Å². The fraction of sp³-hybridized carbons (Fsp3) is 0.375. The lowest BCUT2D eigenvalue weighted by atomic mass is 10.0. The van der Waals surface area contributed by atoms with Gasteiger partial charge in [0.1, 0.15) is 5.69 Å². The molecule has 1 aliphatic rings. The second kappa shape index (κ2) is 7.06. The molecule has 10 heteroatoms. The zero-order valence-electron chi connectivity index (χ0n) is 13.9. The summed E-state index contributed by atoms with van der Waals surface area (Å²) in [4.78, 5) is 29.9. The summed E-state index contributed by atoms with van der Waals surface area (Å²) in [5.74, 6) is -2.15. The minimum Gasteiger partial charge on any atom is -0.397 e. The molecule has 0 saturated carbocycles. The van der Waals surface area contributed by atoms with Gasteiger partial charge in [-0.05, 0) is 18.6 Å². The van der Waals surface area contributed by atoms with E-state index in [9.17, 15) is 18.4 Å². The molecule has 0 spiro atoms. The zero-order valence-corrected chi connectivity index (χ0v) is 13.9. The molecule has 3 heterocycles. The van der Waals surface area contributed by atoms with Gasteiger partial charge in [-0.15, -0.1) is 0 Å². The molecule has 26 heavy (non-hydrogen) atoms. The fourth-order valence-electron chi connectivity index (χ4n) is 2.96. The van der Waals surface area contributed by atoms with Crippen LogP contribution in [0.25, 0.3) is 0 Å². The molecular weight excluding hydrogens is 346 g/mol. The number of aromatic nitrogens is 3. The predicted molar refractivity (Wildman–Crippen MR) is 88.6 cm³/mol. The molecule has 8 nitrogen and oxygen atoms in total.